The maximum atomic E-state index is 11.7. The van der Waals surface area contributed by atoms with Crippen molar-refractivity contribution in [2.75, 3.05) is 13.2 Å². The molecule has 136 valence electrons. The number of rotatable bonds is 12. The molecule has 0 aromatic heterocycles. The number of carbonyl (C=O) groups excluding carboxylic acids is 1. The number of phosphoric ester groups is 1. The van der Waals surface area contributed by atoms with Gasteiger partial charge in [-0.05, 0) is 18.6 Å². The maximum absolute atomic E-state index is 11.7. The Balaban J connectivity index is 2.17. The molecule has 24 heavy (non-hydrogen) atoms. The second-order valence-electron chi connectivity index (χ2n) is 5.40. The Bertz CT molecular complexity index is 551. The summed E-state index contributed by atoms with van der Waals surface area (Å²) < 4.78 is 21.3. The lowest BCUT2D eigenvalue weighted by molar-refractivity contribution is -0.121. The summed E-state index contributed by atoms with van der Waals surface area (Å²) in [4.78, 5) is 21.1. The van der Waals surface area contributed by atoms with Crippen LogP contribution in [-0.2, 0) is 13.9 Å². The molecule has 0 spiro atoms. The molecule has 0 aliphatic rings. The minimum absolute atomic E-state index is 0.0250. The standard InChI is InChI=1S/C16H26NO6P/c1-2-3-4-5-6-10-16(19)17-11-12-22-24(20,21)23-15-9-7-8-14(18)13-15/h7-9,13,18H,2-6,10-12H2,1H3,(H,17,19)(H,20,21). The number of hydrogen-bond acceptors (Lipinski definition) is 5. The van der Waals surface area contributed by atoms with Crippen molar-refractivity contribution in [1.29, 1.82) is 0 Å². The third-order valence-corrected chi connectivity index (χ3v) is 4.17. The third-order valence-electron chi connectivity index (χ3n) is 3.22. The number of amides is 1. The molecule has 0 fully saturated rings. The van der Waals surface area contributed by atoms with Crippen LogP contribution in [0.5, 0.6) is 11.5 Å². The first-order chi connectivity index (χ1) is 11.4. The van der Waals surface area contributed by atoms with E-state index in [2.05, 4.69) is 12.2 Å². The predicted molar refractivity (Wildman–Crippen MR) is 90.9 cm³/mol. The van der Waals surface area contributed by atoms with E-state index in [4.69, 9.17) is 9.05 Å². The Kier molecular flexibility index (Phi) is 9.45. The number of unbranched alkanes of at least 4 members (excludes halogenated alkanes) is 4. The highest BCUT2D eigenvalue weighted by Gasteiger charge is 2.22. The van der Waals surface area contributed by atoms with Gasteiger partial charge in [0.1, 0.15) is 11.5 Å². The zero-order valence-electron chi connectivity index (χ0n) is 13.9. The van der Waals surface area contributed by atoms with Crippen LogP contribution in [0.15, 0.2) is 24.3 Å². The second-order valence-corrected chi connectivity index (χ2v) is 6.78. The van der Waals surface area contributed by atoms with Gasteiger partial charge in [0.05, 0.1) is 6.61 Å². The van der Waals surface area contributed by atoms with Crippen LogP contribution in [0.4, 0.5) is 0 Å². The van der Waals surface area contributed by atoms with Gasteiger partial charge in [0.25, 0.3) is 0 Å². The van der Waals surface area contributed by atoms with Crippen molar-refractivity contribution >= 4 is 13.7 Å². The maximum Gasteiger partial charge on any atom is 0.527 e. The number of carbonyl (C=O) groups is 1. The lowest BCUT2D eigenvalue weighted by Crippen LogP contribution is -2.26. The molecule has 0 saturated carbocycles. The molecule has 0 bridgehead atoms. The van der Waals surface area contributed by atoms with Crippen molar-refractivity contribution in [2.45, 2.75) is 45.4 Å². The van der Waals surface area contributed by atoms with E-state index in [9.17, 15) is 19.4 Å². The van der Waals surface area contributed by atoms with E-state index in [1.54, 1.807) is 0 Å². The first-order valence-corrected chi connectivity index (χ1v) is 9.65. The molecule has 0 aliphatic heterocycles. The predicted octanol–water partition coefficient (Wildman–Crippen LogP) is 3.36. The fourth-order valence-electron chi connectivity index (χ4n) is 2.03. The Labute approximate surface area is 142 Å². The Morgan fingerprint density at radius 1 is 1.25 bits per heavy atom. The summed E-state index contributed by atoms with van der Waals surface area (Å²) in [6.07, 6.45) is 5.79. The highest BCUT2D eigenvalue weighted by Crippen LogP contribution is 2.43. The Morgan fingerprint density at radius 2 is 2.00 bits per heavy atom. The summed E-state index contributed by atoms with van der Waals surface area (Å²) in [5, 5.41) is 11.9. The van der Waals surface area contributed by atoms with E-state index in [-0.39, 0.29) is 30.6 Å². The number of hydrogen-bond donors (Lipinski definition) is 3. The average molecular weight is 359 g/mol. The highest BCUT2D eigenvalue weighted by molar-refractivity contribution is 7.47. The summed E-state index contributed by atoms with van der Waals surface area (Å²) in [5.41, 5.74) is 0. The van der Waals surface area contributed by atoms with Gasteiger partial charge in [-0.15, -0.1) is 0 Å². The van der Waals surface area contributed by atoms with Crippen LogP contribution in [0.1, 0.15) is 45.4 Å². The van der Waals surface area contributed by atoms with E-state index in [0.717, 1.165) is 25.7 Å². The van der Waals surface area contributed by atoms with Crippen molar-refractivity contribution in [3.05, 3.63) is 24.3 Å². The van der Waals surface area contributed by atoms with Crippen LogP contribution >= 0.6 is 7.82 Å². The average Bonchev–Trinajstić information content (AvgIpc) is 2.51. The van der Waals surface area contributed by atoms with Crippen LogP contribution in [-0.4, -0.2) is 29.1 Å². The van der Waals surface area contributed by atoms with Crippen molar-refractivity contribution in [3.8, 4) is 11.5 Å². The third kappa shape index (κ3) is 9.55. The van der Waals surface area contributed by atoms with E-state index in [0.29, 0.717) is 6.42 Å². The molecule has 0 aliphatic carbocycles. The molecule has 3 N–H and O–H groups in total. The van der Waals surface area contributed by atoms with Gasteiger partial charge in [0.15, 0.2) is 0 Å². The van der Waals surface area contributed by atoms with Gasteiger partial charge >= 0.3 is 7.82 Å². The van der Waals surface area contributed by atoms with E-state index >= 15 is 0 Å². The van der Waals surface area contributed by atoms with Crippen LogP contribution in [0, 0.1) is 0 Å². The van der Waals surface area contributed by atoms with Gasteiger partial charge in [-0.25, -0.2) is 4.57 Å². The minimum atomic E-state index is -4.29. The van der Waals surface area contributed by atoms with E-state index < -0.39 is 7.82 Å². The topological polar surface area (TPSA) is 105 Å². The monoisotopic (exact) mass is 359 g/mol. The lowest BCUT2D eigenvalue weighted by atomic mass is 10.1. The van der Waals surface area contributed by atoms with E-state index in [1.165, 1.54) is 30.7 Å². The molecule has 7 nitrogen and oxygen atoms in total. The number of phenolic OH excluding ortho intramolecular Hbond substituents is 1. The molecule has 0 heterocycles. The van der Waals surface area contributed by atoms with Gasteiger partial charge in [0.2, 0.25) is 5.91 Å². The van der Waals surface area contributed by atoms with Crippen molar-refractivity contribution in [1.82, 2.24) is 5.32 Å². The largest absolute Gasteiger partial charge is 0.527 e. The van der Waals surface area contributed by atoms with Crippen molar-refractivity contribution in [3.63, 3.8) is 0 Å². The van der Waals surface area contributed by atoms with Gasteiger partial charge in [0, 0.05) is 19.0 Å². The molecule has 1 unspecified atom stereocenters. The molecule has 1 aromatic rings. The minimum Gasteiger partial charge on any atom is -0.508 e. The van der Waals surface area contributed by atoms with Gasteiger partial charge in [-0.2, -0.15) is 0 Å². The Hall–Kier alpha value is -1.56. The molecule has 0 saturated heterocycles. The zero-order valence-corrected chi connectivity index (χ0v) is 14.8. The second kappa shape index (κ2) is 11.1. The summed E-state index contributed by atoms with van der Waals surface area (Å²) in [7, 11) is -4.29. The fraction of sp³-hybridized carbons (Fsp3) is 0.562. The lowest BCUT2D eigenvalue weighted by Gasteiger charge is -2.13. The molecule has 1 aromatic carbocycles. The number of phosphoric acid groups is 1. The Morgan fingerprint density at radius 3 is 2.71 bits per heavy atom. The molecule has 8 heteroatoms. The molecular weight excluding hydrogens is 333 g/mol. The number of nitrogens with one attached hydrogen (secondary N) is 1. The first kappa shape index (κ1) is 20.5. The number of phenols is 1. The zero-order chi connectivity index (χ0) is 17.8. The van der Waals surface area contributed by atoms with Crippen LogP contribution in [0.3, 0.4) is 0 Å². The van der Waals surface area contributed by atoms with Crippen LogP contribution in [0.2, 0.25) is 0 Å². The van der Waals surface area contributed by atoms with Crippen molar-refractivity contribution < 1.29 is 28.4 Å². The summed E-state index contributed by atoms with van der Waals surface area (Å²) in [6, 6.07) is 5.51. The van der Waals surface area contributed by atoms with Gasteiger partial charge in [-0.3, -0.25) is 14.2 Å². The van der Waals surface area contributed by atoms with Crippen LogP contribution < -0.4 is 9.84 Å². The summed E-state index contributed by atoms with van der Waals surface area (Å²) in [5.74, 6) is -0.160. The van der Waals surface area contributed by atoms with Gasteiger partial charge < -0.3 is 14.9 Å². The number of benzene rings is 1. The molecule has 1 amide bonds. The quantitative estimate of drug-likeness (QED) is 0.390. The molecule has 1 atom stereocenters. The highest BCUT2D eigenvalue weighted by atomic mass is 31.2. The summed E-state index contributed by atoms with van der Waals surface area (Å²) in [6.45, 7) is 2.12. The summed E-state index contributed by atoms with van der Waals surface area (Å²) >= 11 is 0. The smallest absolute Gasteiger partial charge is 0.508 e. The molecular formula is C16H26NO6P. The van der Waals surface area contributed by atoms with Gasteiger partial charge in [-0.1, -0.05) is 38.7 Å². The first-order valence-electron chi connectivity index (χ1n) is 8.15. The van der Waals surface area contributed by atoms with E-state index in [1.807, 2.05) is 0 Å². The SMILES string of the molecule is CCCCCCCC(=O)NCCOP(=O)(O)Oc1cccc(O)c1. The van der Waals surface area contributed by atoms with Crippen molar-refractivity contribution in [2.24, 2.45) is 0 Å². The molecule has 0 radical (unpaired) electrons. The normalized spacial score (nSPS) is 13.2. The molecule has 1 rings (SSSR count). The number of aromatic hydroxyl groups is 1. The fourth-order valence-corrected chi connectivity index (χ4v) is 2.78. The van der Waals surface area contributed by atoms with Crippen LogP contribution in [0.25, 0.3) is 0 Å².